The van der Waals surface area contributed by atoms with Crippen molar-refractivity contribution in [2.75, 3.05) is 11.0 Å². The maximum Gasteiger partial charge on any atom is 0.244 e. The lowest BCUT2D eigenvalue weighted by atomic mass is 10.1. The monoisotopic (exact) mass is 455 g/mol. The van der Waals surface area contributed by atoms with Crippen LogP contribution >= 0.6 is 11.6 Å². The van der Waals surface area contributed by atoms with E-state index < -0.39 is 10.0 Å². The first-order valence-corrected chi connectivity index (χ1v) is 11.7. The van der Waals surface area contributed by atoms with Crippen molar-refractivity contribution in [1.82, 2.24) is 15.0 Å². The molecule has 31 heavy (non-hydrogen) atoms. The highest BCUT2D eigenvalue weighted by Crippen LogP contribution is 2.44. The molecule has 3 heterocycles. The Bertz CT molecular complexity index is 1320. The van der Waals surface area contributed by atoms with Crippen molar-refractivity contribution in [3.8, 4) is 29.0 Å². The van der Waals surface area contributed by atoms with Crippen molar-refractivity contribution in [2.24, 2.45) is 0 Å². The second-order valence-electron chi connectivity index (χ2n) is 7.31. The molecular weight excluding hydrogens is 438 g/mol. The third kappa shape index (κ3) is 4.93. The van der Waals surface area contributed by atoms with E-state index in [-0.39, 0.29) is 11.6 Å². The number of sulfonamides is 1. The summed E-state index contributed by atoms with van der Waals surface area (Å²) in [7, 11) is -3.58. The Morgan fingerprint density at radius 1 is 1.23 bits per heavy atom. The topological polar surface area (TPSA) is 118 Å². The lowest BCUT2D eigenvalue weighted by molar-refractivity contribution is 0.459. The van der Waals surface area contributed by atoms with Crippen molar-refractivity contribution >= 4 is 27.3 Å². The van der Waals surface area contributed by atoms with Gasteiger partial charge in [-0.25, -0.2) is 13.4 Å². The normalized spacial score (nSPS) is 13.5. The summed E-state index contributed by atoms with van der Waals surface area (Å²) in [5, 5.41) is 9.62. The minimum atomic E-state index is -3.58. The molecule has 1 saturated carbocycles. The van der Waals surface area contributed by atoms with E-state index >= 15 is 0 Å². The smallest absolute Gasteiger partial charge is 0.244 e. The second kappa shape index (κ2) is 8.13. The first-order valence-electron chi connectivity index (χ1n) is 9.43. The quantitative estimate of drug-likeness (QED) is 0.584. The Labute approximate surface area is 185 Å². The average Bonchev–Trinajstić information content (AvgIpc) is 3.56. The van der Waals surface area contributed by atoms with Gasteiger partial charge in [0.05, 0.1) is 33.9 Å². The maximum atomic E-state index is 11.8. The summed E-state index contributed by atoms with van der Waals surface area (Å²) in [4.78, 5) is 13.1. The highest BCUT2D eigenvalue weighted by atomic mass is 35.5. The molecule has 4 rings (SSSR count). The molecule has 0 atom stereocenters. The molecule has 0 spiro atoms. The summed E-state index contributed by atoms with van der Waals surface area (Å²) in [6.45, 7) is 1.80. The summed E-state index contributed by atoms with van der Waals surface area (Å²) in [6, 6.07) is 8.50. The number of pyridine rings is 3. The van der Waals surface area contributed by atoms with E-state index in [1.54, 1.807) is 37.4 Å². The second-order valence-corrected chi connectivity index (χ2v) is 9.47. The van der Waals surface area contributed by atoms with Gasteiger partial charge in [-0.3, -0.25) is 14.7 Å². The minimum Gasteiger partial charge on any atom is -0.435 e. The molecule has 0 unspecified atom stereocenters. The Kier molecular flexibility index (Phi) is 5.52. The van der Waals surface area contributed by atoms with Crippen LogP contribution in [-0.2, 0) is 10.0 Å². The summed E-state index contributed by atoms with van der Waals surface area (Å²) >= 11 is 6.40. The molecule has 0 radical (unpaired) electrons. The number of halogens is 1. The number of hydrogen-bond acceptors (Lipinski definition) is 7. The zero-order valence-corrected chi connectivity index (χ0v) is 18.3. The van der Waals surface area contributed by atoms with E-state index in [1.165, 1.54) is 6.20 Å². The van der Waals surface area contributed by atoms with Crippen LogP contribution in [-0.4, -0.2) is 29.6 Å². The SMILES string of the molecule is Cc1nc(C2CC2)c(Cl)cc1Oc1nc(-c2cncc(C#N)c2)ccc1NS(C)(=O)=O. The van der Waals surface area contributed by atoms with Gasteiger partial charge in [-0.05, 0) is 38.0 Å². The molecule has 0 aliphatic heterocycles. The Hall–Kier alpha value is -3.22. The fourth-order valence-electron chi connectivity index (χ4n) is 3.03. The van der Waals surface area contributed by atoms with Crippen LogP contribution in [0.3, 0.4) is 0 Å². The molecule has 1 aliphatic rings. The first kappa shape index (κ1) is 21.0. The van der Waals surface area contributed by atoms with E-state index in [1.807, 2.05) is 6.07 Å². The van der Waals surface area contributed by atoms with Crippen LogP contribution in [0.15, 0.2) is 36.7 Å². The Morgan fingerprint density at radius 2 is 2.00 bits per heavy atom. The molecule has 0 aromatic carbocycles. The van der Waals surface area contributed by atoms with Crippen LogP contribution in [0.2, 0.25) is 5.02 Å². The molecule has 10 heteroatoms. The number of hydrogen-bond donors (Lipinski definition) is 1. The summed E-state index contributed by atoms with van der Waals surface area (Å²) in [6.07, 6.45) is 6.17. The third-order valence-electron chi connectivity index (χ3n) is 4.64. The van der Waals surface area contributed by atoms with Gasteiger partial charge in [0.25, 0.3) is 0 Å². The Balaban J connectivity index is 1.76. The number of nitriles is 1. The number of aromatic nitrogens is 3. The molecular formula is C21H18ClN5O3S. The summed E-state index contributed by atoms with van der Waals surface area (Å²) in [5.74, 6) is 0.786. The predicted molar refractivity (Wildman–Crippen MR) is 117 cm³/mol. The fourth-order valence-corrected chi connectivity index (χ4v) is 3.88. The van der Waals surface area contributed by atoms with Gasteiger partial charge in [0.2, 0.25) is 15.9 Å². The number of rotatable bonds is 6. The number of nitrogens with one attached hydrogen (secondary N) is 1. The van der Waals surface area contributed by atoms with Gasteiger partial charge in [0.1, 0.15) is 11.8 Å². The van der Waals surface area contributed by atoms with Crippen molar-refractivity contribution < 1.29 is 13.2 Å². The van der Waals surface area contributed by atoms with E-state index in [0.29, 0.717) is 39.2 Å². The third-order valence-corrected chi connectivity index (χ3v) is 5.53. The van der Waals surface area contributed by atoms with Crippen LogP contribution in [0.5, 0.6) is 11.6 Å². The highest BCUT2D eigenvalue weighted by molar-refractivity contribution is 7.92. The van der Waals surface area contributed by atoms with Crippen molar-refractivity contribution in [2.45, 2.75) is 25.7 Å². The summed E-state index contributed by atoms with van der Waals surface area (Å²) in [5.41, 5.74) is 3.07. The van der Waals surface area contributed by atoms with Gasteiger partial charge in [-0.15, -0.1) is 0 Å². The molecule has 3 aromatic heterocycles. The maximum absolute atomic E-state index is 11.8. The number of anilines is 1. The van der Waals surface area contributed by atoms with Crippen molar-refractivity contribution in [3.63, 3.8) is 0 Å². The summed E-state index contributed by atoms with van der Waals surface area (Å²) < 4.78 is 32.0. The number of nitrogens with zero attached hydrogens (tertiary/aromatic N) is 4. The van der Waals surface area contributed by atoms with Gasteiger partial charge >= 0.3 is 0 Å². The van der Waals surface area contributed by atoms with Gasteiger partial charge in [-0.2, -0.15) is 5.26 Å². The highest BCUT2D eigenvalue weighted by Gasteiger charge is 2.28. The van der Waals surface area contributed by atoms with Gasteiger partial charge in [0, 0.05) is 29.9 Å². The van der Waals surface area contributed by atoms with Crippen LogP contribution in [0.1, 0.15) is 35.7 Å². The van der Waals surface area contributed by atoms with E-state index in [4.69, 9.17) is 21.6 Å². The molecule has 1 N–H and O–H groups in total. The minimum absolute atomic E-state index is 0.0328. The van der Waals surface area contributed by atoms with E-state index in [0.717, 1.165) is 24.8 Å². The zero-order chi connectivity index (χ0) is 22.2. The molecule has 8 nitrogen and oxygen atoms in total. The lowest BCUT2D eigenvalue weighted by Gasteiger charge is -2.15. The lowest BCUT2D eigenvalue weighted by Crippen LogP contribution is -2.11. The Morgan fingerprint density at radius 3 is 2.68 bits per heavy atom. The molecule has 0 amide bonds. The van der Waals surface area contributed by atoms with Crippen LogP contribution in [0, 0.1) is 18.3 Å². The van der Waals surface area contributed by atoms with Gasteiger partial charge in [-0.1, -0.05) is 11.6 Å². The number of ether oxygens (including phenoxy) is 1. The van der Waals surface area contributed by atoms with Crippen LogP contribution < -0.4 is 9.46 Å². The molecule has 3 aromatic rings. The zero-order valence-electron chi connectivity index (χ0n) is 16.8. The molecule has 1 fully saturated rings. The van der Waals surface area contributed by atoms with Crippen LogP contribution in [0.4, 0.5) is 5.69 Å². The van der Waals surface area contributed by atoms with Crippen LogP contribution in [0.25, 0.3) is 11.3 Å². The average molecular weight is 456 g/mol. The molecule has 0 bridgehead atoms. The predicted octanol–water partition coefficient (Wildman–Crippen LogP) is 4.41. The first-order chi connectivity index (χ1) is 14.7. The molecule has 0 saturated heterocycles. The van der Waals surface area contributed by atoms with E-state index in [2.05, 4.69) is 19.7 Å². The standard InChI is InChI=1S/C21H18ClN5O3S/c1-12-19(8-16(22)20(25-12)14-3-4-14)30-21-18(27-31(2,28)29)6-5-17(26-21)15-7-13(9-23)10-24-11-15/h5-8,10-11,14,27H,3-4H2,1-2H3. The van der Waals surface area contributed by atoms with Crippen molar-refractivity contribution in [1.29, 1.82) is 5.26 Å². The van der Waals surface area contributed by atoms with Gasteiger partial charge in [0.15, 0.2) is 5.75 Å². The van der Waals surface area contributed by atoms with Crippen molar-refractivity contribution in [3.05, 3.63) is 58.6 Å². The number of aryl methyl sites for hydroxylation is 1. The molecule has 1 aliphatic carbocycles. The van der Waals surface area contributed by atoms with E-state index in [9.17, 15) is 8.42 Å². The van der Waals surface area contributed by atoms with Gasteiger partial charge < -0.3 is 4.74 Å². The fraction of sp³-hybridized carbons (Fsp3) is 0.238. The molecule has 158 valence electrons. The largest absolute Gasteiger partial charge is 0.435 e.